The molecule has 0 unspecified atom stereocenters. The maximum atomic E-state index is 13.0. The van der Waals surface area contributed by atoms with Crippen molar-refractivity contribution in [3.63, 3.8) is 0 Å². The minimum atomic E-state index is -4.53. The summed E-state index contributed by atoms with van der Waals surface area (Å²) in [5.41, 5.74) is -0.484. The van der Waals surface area contributed by atoms with Crippen LogP contribution in [0.1, 0.15) is 10.6 Å². The van der Waals surface area contributed by atoms with Gasteiger partial charge >= 0.3 is 6.18 Å². The Labute approximate surface area is 193 Å². The number of aryl methyl sites for hydroxylation is 1. The Morgan fingerprint density at radius 2 is 1.84 bits per heavy atom. The van der Waals surface area contributed by atoms with Crippen LogP contribution in [0.2, 0.25) is 5.02 Å². The molecule has 1 aliphatic rings. The van der Waals surface area contributed by atoms with Crippen molar-refractivity contribution in [1.82, 2.24) is 15.1 Å². The number of aromatic nitrogens is 2. The number of anilines is 1. The van der Waals surface area contributed by atoms with Crippen molar-refractivity contribution in [1.29, 1.82) is 0 Å². The Kier molecular flexibility index (Phi) is 5.65. The Bertz CT molecular complexity index is 1280. The fourth-order valence-corrected chi connectivity index (χ4v) is 4.36. The van der Waals surface area contributed by atoms with Gasteiger partial charge in [-0.1, -0.05) is 11.6 Å². The summed E-state index contributed by atoms with van der Waals surface area (Å²) in [6, 6.07) is 10.5. The molecule has 1 N–H and O–H groups in total. The summed E-state index contributed by atoms with van der Waals surface area (Å²) in [5, 5.41) is 6.78. The average molecular weight is 497 g/mol. The van der Waals surface area contributed by atoms with Crippen LogP contribution in [0.4, 0.5) is 18.9 Å². The molecule has 3 heterocycles. The number of rotatable bonds is 3. The third-order valence-corrected chi connectivity index (χ3v) is 6.11. The van der Waals surface area contributed by atoms with Crippen LogP contribution in [-0.2, 0) is 22.8 Å². The van der Waals surface area contributed by atoms with Gasteiger partial charge in [0.05, 0.1) is 10.6 Å². The summed E-state index contributed by atoms with van der Waals surface area (Å²) in [6.07, 6.45) is -3.16. The molecule has 1 aromatic carbocycles. The smallest absolute Gasteiger partial charge is 0.298 e. The summed E-state index contributed by atoms with van der Waals surface area (Å²) in [4.78, 5) is 27.5. The standard InChI is InChI=1S/C20H12ClF3N4O2S2/c1-27-16(20(22,23)24)9-14(26-27)15-7-6-12(32-15)8-13-17(29)25-19(31)28(18(13)30)11-4-2-10(21)3-5-11/h2-9H,1H3,(H,25,29,31). The van der Waals surface area contributed by atoms with E-state index >= 15 is 0 Å². The molecule has 0 atom stereocenters. The third-order valence-electron chi connectivity index (χ3n) is 4.52. The molecule has 6 nitrogen and oxygen atoms in total. The van der Waals surface area contributed by atoms with E-state index in [1.807, 2.05) is 0 Å². The summed E-state index contributed by atoms with van der Waals surface area (Å²) in [7, 11) is 1.21. The van der Waals surface area contributed by atoms with Gasteiger partial charge in [0.1, 0.15) is 17.0 Å². The molecule has 2 amide bonds. The highest BCUT2D eigenvalue weighted by molar-refractivity contribution is 7.80. The second-order valence-corrected chi connectivity index (χ2v) is 8.61. The number of nitrogens with one attached hydrogen (secondary N) is 1. The first-order valence-corrected chi connectivity index (χ1v) is 10.5. The lowest BCUT2D eigenvalue weighted by Crippen LogP contribution is -2.54. The molecule has 32 heavy (non-hydrogen) atoms. The van der Waals surface area contributed by atoms with Gasteiger partial charge in [-0.15, -0.1) is 11.3 Å². The summed E-state index contributed by atoms with van der Waals surface area (Å²) in [5.74, 6) is -1.30. The van der Waals surface area contributed by atoms with Crippen molar-refractivity contribution in [2.75, 3.05) is 4.90 Å². The third kappa shape index (κ3) is 4.18. The van der Waals surface area contributed by atoms with Crippen molar-refractivity contribution < 1.29 is 22.8 Å². The van der Waals surface area contributed by atoms with Gasteiger partial charge in [0, 0.05) is 16.9 Å². The molecular weight excluding hydrogens is 485 g/mol. The van der Waals surface area contributed by atoms with E-state index < -0.39 is 23.7 Å². The molecule has 1 aliphatic heterocycles. The minimum absolute atomic E-state index is 0.0699. The van der Waals surface area contributed by atoms with Gasteiger partial charge in [0.25, 0.3) is 11.8 Å². The number of carbonyl (C=O) groups excluding carboxylic acids is 2. The molecule has 0 saturated carbocycles. The fraction of sp³-hybridized carbons (Fsp3) is 0.100. The number of hydrogen-bond donors (Lipinski definition) is 1. The van der Waals surface area contributed by atoms with Crippen LogP contribution < -0.4 is 10.2 Å². The van der Waals surface area contributed by atoms with Gasteiger partial charge in [0.15, 0.2) is 5.11 Å². The van der Waals surface area contributed by atoms with Gasteiger partial charge in [-0.2, -0.15) is 18.3 Å². The normalized spacial score (nSPS) is 16.1. The highest BCUT2D eigenvalue weighted by Crippen LogP contribution is 2.35. The van der Waals surface area contributed by atoms with Crippen LogP contribution in [0, 0.1) is 0 Å². The molecule has 1 saturated heterocycles. The van der Waals surface area contributed by atoms with E-state index in [0.717, 1.165) is 22.1 Å². The molecule has 3 aromatic rings. The van der Waals surface area contributed by atoms with Gasteiger partial charge in [-0.25, -0.2) is 0 Å². The van der Waals surface area contributed by atoms with Crippen molar-refractivity contribution in [3.05, 3.63) is 63.6 Å². The summed E-state index contributed by atoms with van der Waals surface area (Å²) >= 11 is 12.1. The number of halogens is 4. The lowest BCUT2D eigenvalue weighted by molar-refractivity contribution is -0.143. The molecule has 12 heteroatoms. The lowest BCUT2D eigenvalue weighted by Gasteiger charge is -2.28. The SMILES string of the molecule is Cn1nc(-c2ccc(C=C3C(=O)NC(=S)N(c4ccc(Cl)cc4)C3=O)s2)cc1C(F)(F)F. The zero-order chi connectivity index (χ0) is 23.2. The van der Waals surface area contributed by atoms with E-state index in [1.54, 1.807) is 36.4 Å². The Morgan fingerprint density at radius 1 is 1.16 bits per heavy atom. The topological polar surface area (TPSA) is 67.2 Å². The predicted molar refractivity (Wildman–Crippen MR) is 119 cm³/mol. The van der Waals surface area contributed by atoms with Gasteiger partial charge in [-0.05, 0) is 60.8 Å². The molecular formula is C20H12ClF3N4O2S2. The lowest BCUT2D eigenvalue weighted by atomic mass is 10.1. The number of benzene rings is 1. The number of thiophene rings is 1. The molecule has 0 spiro atoms. The Hall–Kier alpha value is -3.02. The molecule has 1 fully saturated rings. The first-order chi connectivity index (χ1) is 15.0. The van der Waals surface area contributed by atoms with Crippen molar-refractivity contribution in [3.8, 4) is 10.6 Å². The highest BCUT2D eigenvalue weighted by atomic mass is 35.5. The number of thiocarbonyl (C=S) groups is 1. The quantitative estimate of drug-likeness (QED) is 0.325. The van der Waals surface area contributed by atoms with Crippen molar-refractivity contribution in [2.45, 2.75) is 6.18 Å². The van der Waals surface area contributed by atoms with Gasteiger partial charge in [0.2, 0.25) is 0 Å². The van der Waals surface area contributed by atoms with Crippen LogP contribution in [0.3, 0.4) is 0 Å². The zero-order valence-corrected chi connectivity index (χ0v) is 18.5. The van der Waals surface area contributed by atoms with Gasteiger partial charge in [-0.3, -0.25) is 24.5 Å². The molecule has 4 rings (SSSR count). The molecule has 0 radical (unpaired) electrons. The number of alkyl halides is 3. The first-order valence-electron chi connectivity index (χ1n) is 8.93. The fourth-order valence-electron chi connectivity index (χ4n) is 3.05. The predicted octanol–water partition coefficient (Wildman–Crippen LogP) is 4.65. The monoisotopic (exact) mass is 496 g/mol. The van der Waals surface area contributed by atoms with E-state index in [1.165, 1.54) is 18.0 Å². The second kappa shape index (κ2) is 8.15. The van der Waals surface area contributed by atoms with Crippen LogP contribution in [0.5, 0.6) is 0 Å². The van der Waals surface area contributed by atoms with E-state index in [0.29, 0.717) is 20.5 Å². The summed E-state index contributed by atoms with van der Waals surface area (Å²) in [6.45, 7) is 0. The Balaban J connectivity index is 1.66. The largest absolute Gasteiger partial charge is 0.433 e. The number of carbonyl (C=O) groups is 2. The number of amides is 2. The molecule has 164 valence electrons. The molecule has 0 bridgehead atoms. The number of nitrogens with zero attached hydrogens (tertiary/aromatic N) is 3. The van der Waals surface area contributed by atoms with Crippen molar-refractivity contribution >= 4 is 63.8 Å². The average Bonchev–Trinajstić information content (AvgIpc) is 3.32. The molecule has 0 aliphatic carbocycles. The Morgan fingerprint density at radius 3 is 2.47 bits per heavy atom. The van der Waals surface area contributed by atoms with E-state index in [2.05, 4.69) is 10.4 Å². The van der Waals surface area contributed by atoms with Crippen LogP contribution in [0.25, 0.3) is 16.6 Å². The maximum absolute atomic E-state index is 13.0. The first kappa shape index (κ1) is 22.2. The van der Waals surface area contributed by atoms with E-state index in [4.69, 9.17) is 23.8 Å². The van der Waals surface area contributed by atoms with Gasteiger partial charge < -0.3 is 0 Å². The minimum Gasteiger partial charge on any atom is -0.298 e. The molecule has 2 aromatic heterocycles. The van der Waals surface area contributed by atoms with E-state index in [9.17, 15) is 22.8 Å². The van der Waals surface area contributed by atoms with Crippen molar-refractivity contribution in [2.24, 2.45) is 7.05 Å². The summed E-state index contributed by atoms with van der Waals surface area (Å²) < 4.78 is 39.9. The second-order valence-electron chi connectivity index (χ2n) is 6.67. The zero-order valence-electron chi connectivity index (χ0n) is 16.1. The maximum Gasteiger partial charge on any atom is 0.433 e. The van der Waals surface area contributed by atoms with Crippen LogP contribution in [0.15, 0.2) is 48.0 Å². The van der Waals surface area contributed by atoms with E-state index in [-0.39, 0.29) is 16.4 Å². The number of hydrogen-bond acceptors (Lipinski definition) is 5. The van der Waals surface area contributed by atoms with Crippen LogP contribution >= 0.6 is 35.2 Å². The highest BCUT2D eigenvalue weighted by Gasteiger charge is 2.36. The van der Waals surface area contributed by atoms with Crippen LogP contribution in [-0.4, -0.2) is 26.7 Å².